The Kier molecular flexibility index (Phi) is 3.33. The Morgan fingerprint density at radius 2 is 1.74 bits per heavy atom. The largest absolute Gasteiger partial charge is 0.573 e. The Balaban J connectivity index is 2.53. The number of pyridine rings is 1. The first-order valence-corrected chi connectivity index (χ1v) is 5.42. The maximum Gasteiger partial charge on any atom is 0.573 e. The van der Waals surface area contributed by atoms with Gasteiger partial charge in [0.05, 0.1) is 5.56 Å². The van der Waals surface area contributed by atoms with Gasteiger partial charge in [0.1, 0.15) is 5.75 Å². The van der Waals surface area contributed by atoms with E-state index in [1.54, 1.807) is 13.0 Å². The summed E-state index contributed by atoms with van der Waals surface area (Å²) in [5.74, 6) is -0.399. The van der Waals surface area contributed by atoms with Gasteiger partial charge in [-0.25, -0.2) is 0 Å². The second kappa shape index (κ2) is 4.79. The van der Waals surface area contributed by atoms with Crippen LogP contribution in [-0.4, -0.2) is 11.3 Å². The first kappa shape index (κ1) is 13.2. The van der Waals surface area contributed by atoms with Crippen molar-refractivity contribution in [2.45, 2.75) is 13.3 Å². The van der Waals surface area contributed by atoms with Crippen LogP contribution < -0.4 is 10.3 Å². The third-order valence-corrected chi connectivity index (χ3v) is 2.46. The predicted octanol–water partition coefficient (Wildman–Crippen LogP) is 3.25. The number of rotatable bonds is 2. The van der Waals surface area contributed by atoms with Crippen molar-refractivity contribution >= 4 is 0 Å². The van der Waals surface area contributed by atoms with Crippen LogP contribution in [0.5, 0.6) is 5.75 Å². The summed E-state index contributed by atoms with van der Waals surface area (Å²) in [4.78, 5) is 14.3. The lowest BCUT2D eigenvalue weighted by molar-refractivity contribution is -0.274. The minimum atomic E-state index is -4.80. The number of nitrogens with one attached hydrogen (secondary N) is 1. The number of para-hydroxylation sites is 1. The molecule has 1 aromatic carbocycles. The summed E-state index contributed by atoms with van der Waals surface area (Å²) in [6.45, 7) is 1.68. The molecule has 0 unspecified atom stereocenters. The van der Waals surface area contributed by atoms with Gasteiger partial charge < -0.3 is 9.72 Å². The van der Waals surface area contributed by atoms with E-state index in [0.29, 0.717) is 5.69 Å². The highest BCUT2D eigenvalue weighted by Crippen LogP contribution is 2.31. The minimum Gasteiger partial charge on any atom is -0.405 e. The van der Waals surface area contributed by atoms with Crippen LogP contribution >= 0.6 is 0 Å². The van der Waals surface area contributed by atoms with Gasteiger partial charge in [0.25, 0.3) is 5.56 Å². The van der Waals surface area contributed by atoms with Gasteiger partial charge in [0.15, 0.2) is 0 Å². The van der Waals surface area contributed by atoms with Crippen molar-refractivity contribution in [1.82, 2.24) is 4.98 Å². The van der Waals surface area contributed by atoms with E-state index in [4.69, 9.17) is 0 Å². The third-order valence-electron chi connectivity index (χ3n) is 2.46. The fraction of sp³-hybridized carbons (Fsp3) is 0.154. The molecule has 0 amide bonds. The number of ether oxygens (including phenoxy) is 1. The van der Waals surface area contributed by atoms with Crippen molar-refractivity contribution in [1.29, 1.82) is 0 Å². The van der Waals surface area contributed by atoms with Crippen molar-refractivity contribution < 1.29 is 17.9 Å². The van der Waals surface area contributed by atoms with E-state index in [0.717, 1.165) is 0 Å². The Morgan fingerprint density at radius 3 is 2.37 bits per heavy atom. The molecule has 0 fully saturated rings. The lowest BCUT2D eigenvalue weighted by Crippen LogP contribution is -2.18. The van der Waals surface area contributed by atoms with Gasteiger partial charge in [-0.1, -0.05) is 18.2 Å². The van der Waals surface area contributed by atoms with Crippen LogP contribution in [0.3, 0.4) is 0 Å². The van der Waals surface area contributed by atoms with Crippen molar-refractivity contribution in [2.24, 2.45) is 0 Å². The van der Waals surface area contributed by atoms with Crippen LogP contribution in [0.25, 0.3) is 11.1 Å². The molecular weight excluding hydrogens is 259 g/mol. The molecule has 0 saturated carbocycles. The van der Waals surface area contributed by atoms with E-state index in [9.17, 15) is 18.0 Å². The van der Waals surface area contributed by atoms with Crippen molar-refractivity contribution in [2.75, 3.05) is 0 Å². The van der Waals surface area contributed by atoms with Crippen molar-refractivity contribution in [3.63, 3.8) is 0 Å². The summed E-state index contributed by atoms with van der Waals surface area (Å²) in [6, 6.07) is 8.60. The average molecular weight is 269 g/mol. The van der Waals surface area contributed by atoms with Gasteiger partial charge in [-0.2, -0.15) is 0 Å². The molecule has 2 aromatic rings. The van der Waals surface area contributed by atoms with Crippen molar-refractivity contribution in [3.05, 3.63) is 52.4 Å². The number of alkyl halides is 3. The highest BCUT2D eigenvalue weighted by atomic mass is 19.4. The van der Waals surface area contributed by atoms with Gasteiger partial charge >= 0.3 is 6.36 Å². The molecule has 1 aromatic heterocycles. The van der Waals surface area contributed by atoms with Crippen LogP contribution in [0.1, 0.15) is 5.69 Å². The standard InChI is InChI=1S/C13H10F3NO2/c1-8-6-7-10(12(18)17-8)9-4-2-3-5-11(9)19-13(14,15)16/h2-7H,1H3,(H,17,18). The van der Waals surface area contributed by atoms with E-state index in [2.05, 4.69) is 9.72 Å². The zero-order valence-corrected chi connectivity index (χ0v) is 9.91. The van der Waals surface area contributed by atoms with Crippen LogP contribution in [0.15, 0.2) is 41.2 Å². The van der Waals surface area contributed by atoms with Crippen molar-refractivity contribution in [3.8, 4) is 16.9 Å². The molecule has 1 heterocycles. The molecule has 0 aliphatic rings. The zero-order valence-electron chi connectivity index (χ0n) is 9.91. The molecule has 0 bridgehead atoms. The maximum absolute atomic E-state index is 12.3. The summed E-state index contributed by atoms with van der Waals surface area (Å²) in [7, 11) is 0. The molecule has 0 spiro atoms. The Hall–Kier alpha value is -2.24. The summed E-state index contributed by atoms with van der Waals surface area (Å²) in [5, 5.41) is 0. The van der Waals surface area contributed by atoms with Gasteiger partial charge in [-0.3, -0.25) is 4.79 Å². The Morgan fingerprint density at radius 1 is 1.05 bits per heavy atom. The Bertz CT molecular complexity index is 647. The van der Waals surface area contributed by atoms with Crippen LogP contribution in [0.4, 0.5) is 13.2 Å². The minimum absolute atomic E-state index is 0.0982. The molecule has 0 aliphatic heterocycles. The highest BCUT2D eigenvalue weighted by molar-refractivity contribution is 5.69. The van der Waals surface area contributed by atoms with E-state index in [-0.39, 0.29) is 11.1 Å². The van der Waals surface area contributed by atoms with Gasteiger partial charge in [-0.05, 0) is 25.1 Å². The first-order valence-electron chi connectivity index (χ1n) is 5.42. The molecule has 0 saturated heterocycles. The molecule has 2 rings (SSSR count). The summed E-state index contributed by atoms with van der Waals surface area (Å²) < 4.78 is 40.8. The summed E-state index contributed by atoms with van der Waals surface area (Å²) >= 11 is 0. The Labute approximate surface area is 106 Å². The number of aromatic nitrogens is 1. The SMILES string of the molecule is Cc1ccc(-c2ccccc2OC(F)(F)F)c(=O)[nH]1. The first-order chi connectivity index (χ1) is 8.87. The highest BCUT2D eigenvalue weighted by Gasteiger charge is 2.32. The molecule has 0 radical (unpaired) electrons. The van der Waals surface area contributed by atoms with E-state index in [1.807, 2.05) is 0 Å². The lowest BCUT2D eigenvalue weighted by atomic mass is 10.1. The molecule has 1 N–H and O–H groups in total. The topological polar surface area (TPSA) is 42.1 Å². The van der Waals surface area contributed by atoms with Gasteiger partial charge in [0.2, 0.25) is 0 Å². The molecule has 19 heavy (non-hydrogen) atoms. The average Bonchev–Trinajstić information content (AvgIpc) is 2.28. The number of H-pyrrole nitrogens is 1. The molecule has 0 atom stereocenters. The normalized spacial score (nSPS) is 11.4. The maximum atomic E-state index is 12.3. The zero-order chi connectivity index (χ0) is 14.0. The van der Waals surface area contributed by atoms with Gasteiger partial charge in [-0.15, -0.1) is 13.2 Å². The molecule has 3 nitrogen and oxygen atoms in total. The van der Waals surface area contributed by atoms with E-state index < -0.39 is 17.7 Å². The molecular formula is C13H10F3NO2. The number of hydrogen-bond donors (Lipinski definition) is 1. The lowest BCUT2D eigenvalue weighted by Gasteiger charge is -2.12. The number of aryl methyl sites for hydroxylation is 1. The summed E-state index contributed by atoms with van der Waals surface area (Å²) in [5.41, 5.74) is 0.396. The summed E-state index contributed by atoms with van der Waals surface area (Å²) in [6.07, 6.45) is -4.80. The molecule has 6 heteroatoms. The smallest absolute Gasteiger partial charge is 0.405 e. The number of hydrogen-bond acceptors (Lipinski definition) is 2. The van der Waals surface area contributed by atoms with Gasteiger partial charge in [0, 0.05) is 11.3 Å². The van der Waals surface area contributed by atoms with Crippen LogP contribution in [0, 0.1) is 6.92 Å². The molecule has 0 aliphatic carbocycles. The van der Waals surface area contributed by atoms with Crippen LogP contribution in [-0.2, 0) is 0 Å². The van der Waals surface area contributed by atoms with E-state index >= 15 is 0 Å². The number of aromatic amines is 1. The fourth-order valence-corrected chi connectivity index (χ4v) is 1.69. The quantitative estimate of drug-likeness (QED) is 0.909. The fourth-order valence-electron chi connectivity index (χ4n) is 1.69. The monoisotopic (exact) mass is 269 g/mol. The predicted molar refractivity (Wildman–Crippen MR) is 63.9 cm³/mol. The number of benzene rings is 1. The third kappa shape index (κ3) is 3.15. The second-order valence-corrected chi connectivity index (χ2v) is 3.93. The number of halogens is 3. The van der Waals surface area contributed by atoms with E-state index in [1.165, 1.54) is 30.3 Å². The molecule has 100 valence electrons. The van der Waals surface area contributed by atoms with Crippen LogP contribution in [0.2, 0.25) is 0 Å². The second-order valence-electron chi connectivity index (χ2n) is 3.93.